The summed E-state index contributed by atoms with van der Waals surface area (Å²) in [6.45, 7) is 0. The Morgan fingerprint density at radius 3 is 1.66 bits per heavy atom. The molecule has 6 rings (SSSR count). The predicted octanol–water partition coefficient (Wildman–Crippen LogP) is 5.31. The molecule has 4 heteroatoms. The van der Waals surface area contributed by atoms with Crippen LogP contribution in [0.15, 0.2) is 158 Å². The van der Waals surface area contributed by atoms with Gasteiger partial charge < -0.3 is 4.74 Å². The van der Waals surface area contributed by atoms with E-state index in [1.165, 1.54) is 15.6 Å². The fourth-order valence-electron chi connectivity index (χ4n) is 5.09. The Hall–Kier alpha value is -4.80. The normalized spacial score (nSPS) is 11.2. The molecule has 0 aliphatic carbocycles. The summed E-state index contributed by atoms with van der Waals surface area (Å²) in [7, 11) is -2.71. The van der Waals surface area contributed by atoms with E-state index in [1.807, 2.05) is 54.7 Å². The highest BCUT2D eigenvalue weighted by atomic mass is 28.3. The molecule has 0 aliphatic rings. The molecule has 0 saturated carbocycles. The molecule has 2 heterocycles. The molecule has 38 heavy (non-hydrogen) atoms. The molecule has 2 aromatic heterocycles. The van der Waals surface area contributed by atoms with E-state index >= 15 is 0 Å². The maximum Gasteiger partial charge on any atom is 0.201 e. The SMILES string of the molecule is c1ccc([Si](c2ccccc2)(c2cccc(Oc3cccc(-c4ccccn4)c3)c2)c2ccccn2)cc1. The van der Waals surface area contributed by atoms with Crippen LogP contribution in [0.1, 0.15) is 0 Å². The van der Waals surface area contributed by atoms with Crippen LogP contribution < -0.4 is 25.6 Å². The quantitative estimate of drug-likeness (QED) is 0.217. The van der Waals surface area contributed by atoms with E-state index in [4.69, 9.17) is 9.72 Å². The van der Waals surface area contributed by atoms with Gasteiger partial charge in [-0.1, -0.05) is 97.1 Å². The summed E-state index contributed by atoms with van der Waals surface area (Å²) in [5, 5.41) is 4.86. The molecule has 0 aliphatic heterocycles. The Morgan fingerprint density at radius 2 is 1.03 bits per heavy atom. The Bertz CT molecular complexity index is 1530. The van der Waals surface area contributed by atoms with Gasteiger partial charge in [-0.15, -0.1) is 0 Å². The Labute approximate surface area is 224 Å². The standard InChI is InChI=1S/C34H26N2OSi/c1-3-16-30(17-4-1)38(31-18-5-2-6-19-31,34-22-8-10-24-36-34)32-20-12-15-29(26-32)37-28-14-11-13-27(25-28)33-21-7-9-23-35-33/h1-26H. The zero-order valence-corrected chi connectivity index (χ0v) is 21.8. The van der Waals surface area contributed by atoms with Crippen molar-refractivity contribution >= 4 is 29.0 Å². The molecule has 182 valence electrons. The molecule has 6 aromatic rings. The van der Waals surface area contributed by atoms with Gasteiger partial charge in [0.1, 0.15) is 11.5 Å². The highest BCUT2D eigenvalue weighted by molar-refractivity contribution is 7.19. The van der Waals surface area contributed by atoms with Gasteiger partial charge in [0.15, 0.2) is 0 Å². The van der Waals surface area contributed by atoms with E-state index in [1.54, 1.807) is 6.20 Å². The summed E-state index contributed by atoms with van der Waals surface area (Å²) in [6.07, 6.45) is 3.70. The zero-order valence-electron chi connectivity index (χ0n) is 20.8. The monoisotopic (exact) mass is 506 g/mol. The summed E-state index contributed by atoms with van der Waals surface area (Å²) in [5.41, 5.74) is 1.94. The molecule has 0 spiro atoms. The third-order valence-electron chi connectivity index (χ3n) is 6.76. The molecule has 4 aromatic carbocycles. The summed E-state index contributed by atoms with van der Waals surface area (Å²) in [4.78, 5) is 9.44. The highest BCUT2D eigenvalue weighted by Crippen LogP contribution is 2.26. The van der Waals surface area contributed by atoms with Crippen LogP contribution in [-0.2, 0) is 0 Å². The molecule has 0 saturated heterocycles. The van der Waals surface area contributed by atoms with E-state index in [0.29, 0.717) is 0 Å². The third-order valence-corrected chi connectivity index (χ3v) is 11.4. The Kier molecular flexibility index (Phi) is 6.62. The minimum atomic E-state index is -2.71. The molecule has 0 bridgehead atoms. The van der Waals surface area contributed by atoms with Crippen molar-refractivity contribution in [1.82, 2.24) is 9.97 Å². The van der Waals surface area contributed by atoms with E-state index in [0.717, 1.165) is 28.1 Å². The van der Waals surface area contributed by atoms with Crippen molar-refractivity contribution in [2.24, 2.45) is 0 Å². The molecular formula is C34H26N2OSi. The van der Waals surface area contributed by atoms with Gasteiger partial charge in [-0.05, 0) is 64.1 Å². The molecule has 0 N–H and O–H groups in total. The van der Waals surface area contributed by atoms with Crippen LogP contribution in [0.25, 0.3) is 11.3 Å². The second-order valence-electron chi connectivity index (χ2n) is 9.07. The topological polar surface area (TPSA) is 35.0 Å². The highest BCUT2D eigenvalue weighted by Gasteiger charge is 2.43. The molecule has 0 unspecified atom stereocenters. The van der Waals surface area contributed by atoms with Crippen molar-refractivity contribution in [2.75, 3.05) is 0 Å². The minimum Gasteiger partial charge on any atom is -0.457 e. The number of hydrogen-bond acceptors (Lipinski definition) is 3. The summed E-state index contributed by atoms with van der Waals surface area (Å²) < 4.78 is 6.46. The van der Waals surface area contributed by atoms with Crippen LogP contribution in [0.3, 0.4) is 0 Å². The lowest BCUT2D eigenvalue weighted by Crippen LogP contribution is -2.75. The molecule has 0 atom stereocenters. The van der Waals surface area contributed by atoms with Crippen LogP contribution in [0, 0.1) is 0 Å². The van der Waals surface area contributed by atoms with Gasteiger partial charge in [0.25, 0.3) is 0 Å². The summed E-state index contributed by atoms with van der Waals surface area (Å²) >= 11 is 0. The Morgan fingerprint density at radius 1 is 0.447 bits per heavy atom. The van der Waals surface area contributed by atoms with Gasteiger partial charge in [-0.2, -0.15) is 0 Å². The number of benzene rings is 4. The van der Waals surface area contributed by atoms with Crippen LogP contribution in [0.4, 0.5) is 0 Å². The van der Waals surface area contributed by atoms with Crippen molar-refractivity contribution < 1.29 is 4.74 Å². The van der Waals surface area contributed by atoms with Gasteiger partial charge in [-0.25, -0.2) is 0 Å². The van der Waals surface area contributed by atoms with Crippen molar-refractivity contribution in [3.05, 3.63) is 158 Å². The van der Waals surface area contributed by atoms with Crippen LogP contribution in [-0.4, -0.2) is 18.0 Å². The summed E-state index contributed by atoms with van der Waals surface area (Å²) in [5.74, 6) is 1.56. The van der Waals surface area contributed by atoms with Crippen LogP contribution >= 0.6 is 0 Å². The lowest BCUT2D eigenvalue weighted by molar-refractivity contribution is 0.483. The zero-order chi connectivity index (χ0) is 25.6. The molecule has 0 radical (unpaired) electrons. The van der Waals surface area contributed by atoms with Crippen molar-refractivity contribution in [3.63, 3.8) is 0 Å². The fraction of sp³-hybridized carbons (Fsp3) is 0. The maximum atomic E-state index is 6.46. The van der Waals surface area contributed by atoms with E-state index in [-0.39, 0.29) is 0 Å². The van der Waals surface area contributed by atoms with Crippen LogP contribution in [0.2, 0.25) is 0 Å². The Balaban J connectivity index is 1.49. The van der Waals surface area contributed by atoms with Gasteiger partial charge in [0.05, 0.1) is 5.69 Å². The fourth-order valence-corrected chi connectivity index (χ4v) is 9.68. The molecular weight excluding hydrogens is 480 g/mol. The minimum absolute atomic E-state index is 0.773. The smallest absolute Gasteiger partial charge is 0.201 e. The number of rotatable bonds is 7. The number of hydrogen-bond donors (Lipinski definition) is 0. The largest absolute Gasteiger partial charge is 0.457 e. The van der Waals surface area contributed by atoms with Crippen molar-refractivity contribution in [3.8, 4) is 22.8 Å². The lowest BCUT2D eigenvalue weighted by Gasteiger charge is -2.33. The first-order valence-corrected chi connectivity index (χ1v) is 14.7. The van der Waals surface area contributed by atoms with Crippen molar-refractivity contribution in [1.29, 1.82) is 0 Å². The molecule has 3 nitrogen and oxygen atoms in total. The first kappa shape index (κ1) is 23.6. The third kappa shape index (κ3) is 4.54. The number of pyridine rings is 2. The van der Waals surface area contributed by atoms with E-state index in [9.17, 15) is 0 Å². The average molecular weight is 507 g/mol. The van der Waals surface area contributed by atoms with E-state index < -0.39 is 8.07 Å². The van der Waals surface area contributed by atoms with Gasteiger partial charge in [-0.3, -0.25) is 9.97 Å². The predicted molar refractivity (Wildman–Crippen MR) is 158 cm³/mol. The van der Waals surface area contributed by atoms with Crippen LogP contribution in [0.5, 0.6) is 11.5 Å². The average Bonchev–Trinajstić information content (AvgIpc) is 3.00. The van der Waals surface area contributed by atoms with Gasteiger partial charge in [0, 0.05) is 23.3 Å². The number of nitrogens with zero attached hydrogens (tertiary/aromatic N) is 2. The second kappa shape index (κ2) is 10.7. The number of ether oxygens (including phenoxy) is 1. The lowest BCUT2D eigenvalue weighted by atomic mass is 10.1. The summed E-state index contributed by atoms with van der Waals surface area (Å²) in [6, 6.07) is 50.3. The number of aromatic nitrogens is 2. The second-order valence-corrected chi connectivity index (χ2v) is 12.8. The van der Waals surface area contributed by atoms with Crippen molar-refractivity contribution in [2.45, 2.75) is 0 Å². The first-order chi connectivity index (χ1) is 18.8. The van der Waals surface area contributed by atoms with Gasteiger partial charge >= 0.3 is 0 Å². The van der Waals surface area contributed by atoms with Gasteiger partial charge in [0.2, 0.25) is 8.07 Å². The first-order valence-electron chi connectivity index (χ1n) is 12.7. The molecule has 0 fully saturated rings. The maximum absolute atomic E-state index is 6.46. The van der Waals surface area contributed by atoms with E-state index in [2.05, 4.69) is 102 Å². The molecule has 0 amide bonds.